The van der Waals surface area contributed by atoms with E-state index in [2.05, 4.69) is 5.32 Å². The molecule has 1 spiro atoms. The van der Waals surface area contributed by atoms with Crippen molar-refractivity contribution in [1.29, 1.82) is 0 Å². The van der Waals surface area contributed by atoms with E-state index in [1.54, 1.807) is 23.1 Å². The number of carbonyl (C=O) groups excluding carboxylic acids is 4. The summed E-state index contributed by atoms with van der Waals surface area (Å²) in [4.78, 5) is 54.3. The van der Waals surface area contributed by atoms with Gasteiger partial charge in [-0.05, 0) is 67.3 Å². The van der Waals surface area contributed by atoms with Crippen LogP contribution < -0.4 is 11.1 Å². The number of aryl methyl sites for hydroxylation is 1. The van der Waals surface area contributed by atoms with Gasteiger partial charge in [0.1, 0.15) is 12.1 Å². The first-order chi connectivity index (χ1) is 16.3. The number of primary amides is 1. The van der Waals surface area contributed by atoms with Crippen LogP contribution in [0.3, 0.4) is 0 Å². The number of hydrogen-bond donors (Lipinski definition) is 2. The highest BCUT2D eigenvalue weighted by Crippen LogP contribution is 2.42. The van der Waals surface area contributed by atoms with Gasteiger partial charge in [0.05, 0.1) is 0 Å². The number of nitrogens with one attached hydrogen (secondary N) is 1. The van der Waals surface area contributed by atoms with Gasteiger partial charge in [-0.1, -0.05) is 36.4 Å². The molecule has 176 valence electrons. The molecule has 3 aliphatic rings. The number of imide groups is 1. The van der Waals surface area contributed by atoms with Gasteiger partial charge in [0.25, 0.3) is 5.91 Å². The van der Waals surface area contributed by atoms with Gasteiger partial charge < -0.3 is 16.0 Å². The number of nitrogens with zero attached hydrogens (tertiary/aromatic N) is 2. The molecule has 1 unspecified atom stereocenters. The molecule has 0 bridgehead atoms. The van der Waals surface area contributed by atoms with Crippen LogP contribution in [-0.4, -0.2) is 46.1 Å². The number of fused-ring (bicyclic) bond motifs is 2. The molecule has 1 aliphatic heterocycles. The van der Waals surface area contributed by atoms with Crippen molar-refractivity contribution in [2.45, 2.75) is 50.7 Å². The number of benzene rings is 2. The molecule has 8 nitrogen and oxygen atoms in total. The lowest BCUT2D eigenvalue weighted by Gasteiger charge is -2.31. The lowest BCUT2D eigenvalue weighted by atomic mass is 9.91. The first-order valence-corrected chi connectivity index (χ1v) is 11.7. The van der Waals surface area contributed by atoms with Gasteiger partial charge in [-0.25, -0.2) is 4.79 Å². The highest BCUT2D eigenvalue weighted by Gasteiger charge is 2.56. The minimum absolute atomic E-state index is 0.0295. The van der Waals surface area contributed by atoms with Gasteiger partial charge in [-0.2, -0.15) is 0 Å². The first-order valence-electron chi connectivity index (χ1n) is 11.7. The van der Waals surface area contributed by atoms with E-state index in [0.29, 0.717) is 36.4 Å². The summed E-state index contributed by atoms with van der Waals surface area (Å²) in [6.45, 7) is 2.17. The van der Waals surface area contributed by atoms with E-state index < -0.39 is 23.4 Å². The molecule has 5 rings (SSSR count). The second kappa shape index (κ2) is 8.27. The summed E-state index contributed by atoms with van der Waals surface area (Å²) in [5.74, 6) is -0.759. The van der Waals surface area contributed by atoms with Crippen molar-refractivity contribution in [2.24, 2.45) is 11.7 Å². The molecule has 1 saturated heterocycles. The Hall–Kier alpha value is -3.68. The number of hydrogen-bond acceptors (Lipinski definition) is 4. The molecule has 5 amide bonds. The Bertz CT molecular complexity index is 1180. The van der Waals surface area contributed by atoms with Crippen molar-refractivity contribution in [3.63, 3.8) is 0 Å². The molecule has 0 aromatic heterocycles. The Labute approximate surface area is 198 Å². The maximum atomic E-state index is 13.5. The molecule has 8 heteroatoms. The van der Waals surface area contributed by atoms with Crippen molar-refractivity contribution >= 4 is 23.8 Å². The second-order valence-corrected chi connectivity index (χ2v) is 9.55. The summed E-state index contributed by atoms with van der Waals surface area (Å²) in [5.41, 5.74) is 7.04. The number of amides is 5. The largest absolute Gasteiger partial charge is 0.366 e. The summed E-state index contributed by atoms with van der Waals surface area (Å²) in [6.07, 6.45) is 3.07. The van der Waals surface area contributed by atoms with Gasteiger partial charge in [0, 0.05) is 18.2 Å². The SMILES string of the molecule is C[C@@H](C1CC1)N(Cc1ccccc1)C(=O)CN1C(=O)NC2(CCc3cc(C(N)=O)ccc32)C1=O. The number of carbonyl (C=O) groups is 4. The Morgan fingerprint density at radius 3 is 2.59 bits per heavy atom. The van der Waals surface area contributed by atoms with E-state index in [-0.39, 0.29) is 18.5 Å². The maximum absolute atomic E-state index is 13.5. The molecule has 2 fully saturated rings. The third-order valence-corrected chi connectivity index (χ3v) is 7.40. The molecular weight excluding hydrogens is 432 g/mol. The van der Waals surface area contributed by atoms with Crippen LogP contribution in [0, 0.1) is 5.92 Å². The van der Waals surface area contributed by atoms with E-state index in [0.717, 1.165) is 28.9 Å². The standard InChI is InChI=1S/C26H28N4O4/c1-16(18-7-8-18)29(14-17-5-3-2-4-6-17)22(31)15-30-24(33)26(28-25(30)34)12-11-19-13-20(23(27)32)9-10-21(19)26/h2-6,9-10,13,16,18H,7-8,11-12,14-15H2,1H3,(H2,27,32)(H,28,34)/t16-,26?/m0/s1. The van der Waals surface area contributed by atoms with Crippen LogP contribution in [0.5, 0.6) is 0 Å². The van der Waals surface area contributed by atoms with Crippen LogP contribution in [0.1, 0.15) is 53.2 Å². The predicted octanol–water partition coefficient (Wildman–Crippen LogP) is 2.31. The van der Waals surface area contributed by atoms with Crippen LogP contribution in [0.25, 0.3) is 0 Å². The smallest absolute Gasteiger partial charge is 0.325 e. The lowest BCUT2D eigenvalue weighted by Crippen LogP contribution is -2.47. The Balaban J connectivity index is 1.37. The molecule has 34 heavy (non-hydrogen) atoms. The van der Waals surface area contributed by atoms with Crippen molar-refractivity contribution < 1.29 is 19.2 Å². The van der Waals surface area contributed by atoms with Gasteiger partial charge in [-0.15, -0.1) is 0 Å². The average Bonchev–Trinajstić information content (AvgIpc) is 3.58. The van der Waals surface area contributed by atoms with E-state index in [4.69, 9.17) is 5.73 Å². The fourth-order valence-electron chi connectivity index (χ4n) is 5.25. The van der Waals surface area contributed by atoms with Crippen LogP contribution >= 0.6 is 0 Å². The molecular formula is C26H28N4O4. The van der Waals surface area contributed by atoms with Gasteiger partial charge in [-0.3, -0.25) is 19.3 Å². The van der Waals surface area contributed by atoms with Crippen LogP contribution in [0.15, 0.2) is 48.5 Å². The normalized spacial score (nSPS) is 22.0. The number of nitrogens with two attached hydrogens (primary N) is 1. The van der Waals surface area contributed by atoms with E-state index in [9.17, 15) is 19.2 Å². The molecule has 0 radical (unpaired) electrons. The molecule has 2 aromatic carbocycles. The van der Waals surface area contributed by atoms with Crippen molar-refractivity contribution in [3.8, 4) is 0 Å². The van der Waals surface area contributed by atoms with Gasteiger partial charge >= 0.3 is 6.03 Å². The van der Waals surface area contributed by atoms with E-state index in [1.807, 2.05) is 37.3 Å². The fraction of sp³-hybridized carbons (Fsp3) is 0.385. The Morgan fingerprint density at radius 1 is 1.18 bits per heavy atom. The molecule has 2 aliphatic carbocycles. The number of rotatable bonds is 7. The van der Waals surface area contributed by atoms with Crippen LogP contribution in [0.2, 0.25) is 0 Å². The minimum atomic E-state index is -1.20. The van der Waals surface area contributed by atoms with Crippen LogP contribution in [0.4, 0.5) is 4.79 Å². The topological polar surface area (TPSA) is 113 Å². The van der Waals surface area contributed by atoms with Crippen molar-refractivity contribution in [2.75, 3.05) is 6.54 Å². The predicted molar refractivity (Wildman–Crippen MR) is 124 cm³/mol. The van der Waals surface area contributed by atoms with Gasteiger partial charge in [0.15, 0.2) is 0 Å². The summed E-state index contributed by atoms with van der Waals surface area (Å²) in [6, 6.07) is 14.1. The Kier molecular flexibility index (Phi) is 5.38. The Morgan fingerprint density at radius 2 is 1.91 bits per heavy atom. The average molecular weight is 461 g/mol. The van der Waals surface area contributed by atoms with Crippen LogP contribution in [-0.2, 0) is 28.1 Å². The van der Waals surface area contributed by atoms with Gasteiger partial charge in [0.2, 0.25) is 11.8 Å². The highest BCUT2D eigenvalue weighted by atomic mass is 16.2. The summed E-state index contributed by atoms with van der Waals surface area (Å²) >= 11 is 0. The zero-order valence-electron chi connectivity index (χ0n) is 19.1. The zero-order chi connectivity index (χ0) is 24.0. The molecule has 2 aromatic rings. The van der Waals surface area contributed by atoms with E-state index >= 15 is 0 Å². The molecule has 2 atom stereocenters. The maximum Gasteiger partial charge on any atom is 0.325 e. The third kappa shape index (κ3) is 3.73. The fourth-order valence-corrected chi connectivity index (χ4v) is 5.25. The lowest BCUT2D eigenvalue weighted by molar-refractivity contribution is -0.141. The van der Waals surface area contributed by atoms with Crippen molar-refractivity contribution in [1.82, 2.24) is 15.1 Å². The minimum Gasteiger partial charge on any atom is -0.366 e. The second-order valence-electron chi connectivity index (χ2n) is 9.55. The zero-order valence-corrected chi connectivity index (χ0v) is 19.1. The summed E-state index contributed by atoms with van der Waals surface area (Å²) in [5, 5.41) is 2.84. The molecule has 3 N–H and O–H groups in total. The first kappa shape index (κ1) is 22.1. The monoisotopic (exact) mass is 460 g/mol. The molecule has 1 heterocycles. The quantitative estimate of drug-likeness (QED) is 0.618. The summed E-state index contributed by atoms with van der Waals surface area (Å²) in [7, 11) is 0. The summed E-state index contributed by atoms with van der Waals surface area (Å²) < 4.78 is 0. The van der Waals surface area contributed by atoms with Crippen molar-refractivity contribution in [3.05, 3.63) is 70.8 Å². The number of urea groups is 1. The molecule has 1 saturated carbocycles. The highest BCUT2D eigenvalue weighted by molar-refractivity contribution is 6.10. The van der Waals surface area contributed by atoms with E-state index in [1.165, 1.54) is 0 Å². The third-order valence-electron chi connectivity index (χ3n) is 7.40.